The van der Waals surface area contributed by atoms with Crippen LogP contribution < -0.4 is 62.4 Å². The third kappa shape index (κ3) is 7.49. The lowest BCUT2D eigenvalue weighted by atomic mass is 9.97. The van der Waals surface area contributed by atoms with E-state index in [2.05, 4.69) is 4.98 Å². The maximum Gasteiger partial charge on any atom is 0.265 e. The molecule has 1 N–H and O–H groups in total. The highest BCUT2D eigenvalue weighted by molar-refractivity contribution is 6.15. The number of ether oxygens (including phenoxy) is 12. The molecule has 6 heterocycles. The Bertz CT molecular complexity index is 3780. The Balaban J connectivity index is 1.51. The lowest BCUT2D eigenvalue weighted by molar-refractivity contribution is 0.324. The lowest BCUT2D eigenvalue weighted by Gasteiger charge is -2.17. The largest absolute Gasteiger partial charge is 0.493 e. The number of benzene rings is 4. The van der Waals surface area contributed by atoms with E-state index < -0.39 is 0 Å². The van der Waals surface area contributed by atoms with Gasteiger partial charge in [-0.2, -0.15) is 0 Å². The minimum atomic E-state index is -0.367. The van der Waals surface area contributed by atoms with Crippen LogP contribution in [0.5, 0.6) is 69.0 Å². The standard InChI is InChI=1S/C57H52N4O13/c1-63-39-19-28(20-40(64-2)53(39)71-9)47-32-27-58-52-50(31-25-45(69-7)56(74-12)46(26-31)70-8)36-16-14-34(60-36)48(29-21-41(65-3)54(72-10)42(22-29)66-4)33-13-15-35(59-33)49(38-18-17-37(47)61(38)57(62)51(32)52)30-23-43(67-5)55(73-11)44(24-30)68-6/h13-27,60H,1-12H3. The van der Waals surface area contributed by atoms with Gasteiger partial charge in [0.25, 0.3) is 5.56 Å². The van der Waals surface area contributed by atoms with Gasteiger partial charge < -0.3 is 61.8 Å². The van der Waals surface area contributed by atoms with E-state index in [0.29, 0.717) is 163 Å². The molecule has 0 aliphatic carbocycles. The fraction of sp³-hybridized carbons (Fsp3) is 0.211. The van der Waals surface area contributed by atoms with Crippen LogP contribution >= 0.6 is 0 Å². The lowest BCUT2D eigenvalue weighted by Crippen LogP contribution is -2.13. The highest BCUT2D eigenvalue weighted by atomic mass is 16.5. The first-order valence-corrected chi connectivity index (χ1v) is 23.0. The third-order valence-electron chi connectivity index (χ3n) is 13.3. The monoisotopic (exact) mass is 1000 g/mol. The van der Waals surface area contributed by atoms with Gasteiger partial charge >= 0.3 is 0 Å². The second-order valence-electron chi connectivity index (χ2n) is 16.8. The minimum absolute atomic E-state index is 0.296. The Hall–Kier alpha value is -9.25. The SMILES string of the molecule is COc1cc(-c2c3nc(c(-c4cc(OC)c(OC)c(OC)c4)c4ccc5c(-c6cc(OC)c(OC)c(OC)c6)c6cnc(c(-c7cc(OC)c(OC)c(OC)c7)c7ccc2[nH]7)c6c(=O)n45)C=C3)cc(OC)c1OC. The fourth-order valence-corrected chi connectivity index (χ4v) is 10.1. The molecule has 0 unspecified atom stereocenters. The molecule has 0 saturated heterocycles. The molecule has 378 valence electrons. The van der Waals surface area contributed by atoms with E-state index >= 15 is 4.79 Å². The number of fused-ring (bicyclic) bond motifs is 4. The Labute approximate surface area is 424 Å². The predicted molar refractivity (Wildman–Crippen MR) is 284 cm³/mol. The van der Waals surface area contributed by atoms with Crippen molar-refractivity contribution >= 4 is 50.5 Å². The average Bonchev–Trinajstić information content (AvgIpc) is 4.29. The number of pyridine rings is 1. The van der Waals surface area contributed by atoms with Gasteiger partial charge in [-0.05, 0) is 107 Å². The normalized spacial score (nSPS) is 11.5. The summed E-state index contributed by atoms with van der Waals surface area (Å²) in [5.41, 5.74) is 8.34. The van der Waals surface area contributed by atoms with Gasteiger partial charge in [-0.25, -0.2) is 4.98 Å². The van der Waals surface area contributed by atoms with Crippen LogP contribution in [0.3, 0.4) is 0 Å². The molecule has 5 aromatic heterocycles. The van der Waals surface area contributed by atoms with Crippen LogP contribution in [-0.4, -0.2) is 105 Å². The zero-order valence-electron chi connectivity index (χ0n) is 42.8. The van der Waals surface area contributed by atoms with Crippen LogP contribution in [0.15, 0.2) is 83.8 Å². The van der Waals surface area contributed by atoms with Crippen molar-refractivity contribution in [3.63, 3.8) is 0 Å². The summed E-state index contributed by atoms with van der Waals surface area (Å²) >= 11 is 0. The van der Waals surface area contributed by atoms with Gasteiger partial charge in [0.15, 0.2) is 46.0 Å². The van der Waals surface area contributed by atoms with Crippen molar-refractivity contribution in [2.75, 3.05) is 85.3 Å². The predicted octanol–water partition coefficient (Wildman–Crippen LogP) is 10.7. The molecule has 1 aliphatic heterocycles. The van der Waals surface area contributed by atoms with Crippen LogP contribution in [0, 0.1) is 0 Å². The van der Waals surface area contributed by atoms with Crippen LogP contribution in [-0.2, 0) is 0 Å². The Morgan fingerprint density at radius 1 is 0.405 bits per heavy atom. The summed E-state index contributed by atoms with van der Waals surface area (Å²) < 4.78 is 72.2. The Morgan fingerprint density at radius 2 is 0.743 bits per heavy atom. The van der Waals surface area contributed by atoms with E-state index in [0.717, 1.165) is 0 Å². The van der Waals surface area contributed by atoms with Crippen molar-refractivity contribution in [1.29, 1.82) is 0 Å². The van der Waals surface area contributed by atoms with Crippen LogP contribution in [0.2, 0.25) is 0 Å². The van der Waals surface area contributed by atoms with Crippen molar-refractivity contribution in [2.24, 2.45) is 0 Å². The van der Waals surface area contributed by atoms with E-state index in [1.54, 1.807) is 95.9 Å². The number of nitrogens with zero attached hydrogens (tertiary/aromatic N) is 3. The Kier molecular flexibility index (Phi) is 12.7. The van der Waals surface area contributed by atoms with Crippen LogP contribution in [0.4, 0.5) is 0 Å². The number of H-pyrrole nitrogens is 1. The maximum absolute atomic E-state index is 16.2. The van der Waals surface area contributed by atoms with Gasteiger partial charge in [0.1, 0.15) is 0 Å². The quantitative estimate of drug-likeness (QED) is 0.0967. The second-order valence-corrected chi connectivity index (χ2v) is 16.8. The van der Waals surface area contributed by atoms with Crippen molar-refractivity contribution in [3.8, 4) is 114 Å². The number of aromatic nitrogens is 4. The molecule has 17 heteroatoms. The van der Waals surface area contributed by atoms with Gasteiger partial charge in [-0.15, -0.1) is 0 Å². The summed E-state index contributed by atoms with van der Waals surface area (Å²) in [4.78, 5) is 30.6. The van der Waals surface area contributed by atoms with Crippen molar-refractivity contribution in [1.82, 2.24) is 19.4 Å². The van der Waals surface area contributed by atoms with Gasteiger partial charge in [-0.1, -0.05) is 0 Å². The second kappa shape index (κ2) is 19.4. The first kappa shape index (κ1) is 48.4. The molecule has 0 atom stereocenters. The molecule has 0 radical (unpaired) electrons. The molecule has 4 aromatic carbocycles. The summed E-state index contributed by atoms with van der Waals surface area (Å²) in [6, 6.07) is 22.5. The van der Waals surface area contributed by atoms with E-state index in [1.807, 2.05) is 84.9 Å². The molecule has 0 spiro atoms. The molecular formula is C57H52N4O13. The van der Waals surface area contributed by atoms with Gasteiger partial charge in [0.05, 0.1) is 119 Å². The molecule has 1 aliphatic rings. The third-order valence-corrected chi connectivity index (χ3v) is 13.3. The summed E-state index contributed by atoms with van der Waals surface area (Å²) in [7, 11) is 18.6. The molecule has 9 aromatic rings. The first-order chi connectivity index (χ1) is 36.1. The number of rotatable bonds is 16. The number of hydrogen-bond acceptors (Lipinski definition) is 15. The number of aromatic amines is 1. The molecule has 10 rings (SSSR count). The van der Waals surface area contributed by atoms with E-state index in [-0.39, 0.29) is 5.56 Å². The topological polar surface area (TPSA) is 174 Å². The van der Waals surface area contributed by atoms with Gasteiger partial charge in [0, 0.05) is 44.9 Å². The molecule has 17 nitrogen and oxygen atoms in total. The van der Waals surface area contributed by atoms with E-state index in [1.165, 1.54) is 0 Å². The Morgan fingerprint density at radius 3 is 1.14 bits per heavy atom. The first-order valence-electron chi connectivity index (χ1n) is 23.0. The average molecular weight is 1000 g/mol. The zero-order valence-corrected chi connectivity index (χ0v) is 42.8. The molecular weight excluding hydrogens is 949 g/mol. The highest BCUT2D eigenvalue weighted by Gasteiger charge is 2.28. The molecule has 0 amide bonds. The minimum Gasteiger partial charge on any atom is -0.493 e. The van der Waals surface area contributed by atoms with E-state index in [4.69, 9.17) is 66.8 Å². The molecule has 0 fully saturated rings. The van der Waals surface area contributed by atoms with Crippen molar-refractivity contribution < 1.29 is 56.8 Å². The van der Waals surface area contributed by atoms with Crippen molar-refractivity contribution in [2.45, 2.75) is 0 Å². The zero-order chi connectivity index (χ0) is 52.1. The summed E-state index contributed by atoms with van der Waals surface area (Å²) in [6.45, 7) is 0. The number of methoxy groups -OCH3 is 12. The molecule has 6 bridgehead atoms. The summed E-state index contributed by atoms with van der Waals surface area (Å²) in [5, 5.41) is 0.845. The van der Waals surface area contributed by atoms with Crippen LogP contribution in [0.1, 0.15) is 11.4 Å². The summed E-state index contributed by atoms with van der Waals surface area (Å²) in [5.74, 6) is 4.82. The maximum atomic E-state index is 16.2. The summed E-state index contributed by atoms with van der Waals surface area (Å²) in [6.07, 6.45) is 5.57. The fourth-order valence-electron chi connectivity index (χ4n) is 10.1. The highest BCUT2D eigenvalue weighted by Crippen LogP contribution is 2.50. The molecule has 0 saturated carbocycles. The smallest absolute Gasteiger partial charge is 0.265 e. The van der Waals surface area contributed by atoms with Crippen LogP contribution in [0.25, 0.3) is 95.0 Å². The van der Waals surface area contributed by atoms with Gasteiger partial charge in [-0.3, -0.25) is 14.2 Å². The van der Waals surface area contributed by atoms with Gasteiger partial charge in [0.2, 0.25) is 23.0 Å². The molecule has 74 heavy (non-hydrogen) atoms. The van der Waals surface area contributed by atoms with E-state index in [9.17, 15) is 0 Å². The number of nitrogens with one attached hydrogen (secondary N) is 1. The number of hydrogen-bond donors (Lipinski definition) is 1. The van der Waals surface area contributed by atoms with Crippen molar-refractivity contribution in [3.05, 3.63) is 101 Å².